The maximum absolute atomic E-state index is 6.37. The molecule has 2 aromatic carbocycles. The maximum atomic E-state index is 6.37. The van der Waals surface area contributed by atoms with Gasteiger partial charge in [-0.15, -0.1) is 11.8 Å². The summed E-state index contributed by atoms with van der Waals surface area (Å²) in [6.07, 6.45) is 6.78. The Kier molecular flexibility index (Phi) is 5.57. The summed E-state index contributed by atoms with van der Waals surface area (Å²) in [5.41, 5.74) is 12.4. The Labute approximate surface area is 184 Å². The van der Waals surface area contributed by atoms with Crippen molar-refractivity contribution in [1.29, 1.82) is 0 Å². The Morgan fingerprint density at radius 1 is 1.10 bits per heavy atom. The Balaban J connectivity index is 1.31. The summed E-state index contributed by atoms with van der Waals surface area (Å²) in [7, 11) is -1.35. The third-order valence-corrected chi connectivity index (χ3v) is 11.4. The van der Waals surface area contributed by atoms with E-state index in [0.29, 0.717) is 5.92 Å². The van der Waals surface area contributed by atoms with Gasteiger partial charge in [-0.2, -0.15) is 0 Å². The molecule has 0 radical (unpaired) electrons. The summed E-state index contributed by atoms with van der Waals surface area (Å²) in [5.74, 6) is 1.60. The highest BCUT2D eigenvalue weighted by Gasteiger charge is 2.42. The molecule has 0 aromatic heterocycles. The highest BCUT2D eigenvalue weighted by molar-refractivity contribution is 8.14. The fourth-order valence-corrected chi connectivity index (χ4v) is 8.80. The molecule has 0 spiro atoms. The lowest BCUT2D eigenvalue weighted by molar-refractivity contribution is 0.750. The summed E-state index contributed by atoms with van der Waals surface area (Å²) in [5, 5.41) is 1.18. The predicted octanol–water partition coefficient (Wildman–Crippen LogP) is 4.37. The van der Waals surface area contributed by atoms with Crippen molar-refractivity contribution < 1.29 is 0 Å². The molecule has 158 valence electrons. The number of nitrogens with zero attached hydrogens (tertiary/aromatic N) is 3. The van der Waals surface area contributed by atoms with E-state index in [1.54, 1.807) is 0 Å². The molecule has 30 heavy (non-hydrogen) atoms. The van der Waals surface area contributed by atoms with Crippen LogP contribution < -0.4 is 5.73 Å². The molecule has 1 unspecified atom stereocenters. The fraction of sp³-hybridized carbons (Fsp3) is 0.417. The fourth-order valence-electron chi connectivity index (χ4n) is 4.37. The molecule has 2 aromatic rings. The van der Waals surface area contributed by atoms with Crippen molar-refractivity contribution in [2.75, 3.05) is 50.4 Å². The number of aliphatic imine (C=N–C) groups is 1. The van der Waals surface area contributed by atoms with E-state index in [1.807, 2.05) is 11.8 Å². The van der Waals surface area contributed by atoms with Crippen molar-refractivity contribution in [2.24, 2.45) is 4.99 Å². The number of rotatable bonds is 8. The van der Waals surface area contributed by atoms with Gasteiger partial charge in [-0.05, 0) is 41.3 Å². The van der Waals surface area contributed by atoms with E-state index in [2.05, 4.69) is 63.7 Å². The average Bonchev–Trinajstić information content (AvgIpc) is 3.68. The first-order chi connectivity index (χ1) is 14.5. The van der Waals surface area contributed by atoms with Crippen molar-refractivity contribution in [3.63, 3.8) is 0 Å². The topological polar surface area (TPSA) is 44.4 Å². The SMILES string of the molecule is C=P(CC(C)c1ccc(N)c(Cc2ccc(C3=NCCS3)cc2)c1)(N1CC1)N1CC1. The van der Waals surface area contributed by atoms with Crippen LogP contribution in [0.5, 0.6) is 0 Å². The van der Waals surface area contributed by atoms with Gasteiger partial charge in [-0.25, -0.2) is 0 Å². The summed E-state index contributed by atoms with van der Waals surface area (Å²) in [4.78, 5) is 4.58. The van der Waals surface area contributed by atoms with E-state index in [-0.39, 0.29) is 0 Å². The molecule has 3 aliphatic heterocycles. The molecule has 0 aliphatic carbocycles. The summed E-state index contributed by atoms with van der Waals surface area (Å²) in [6, 6.07) is 15.5. The highest BCUT2D eigenvalue weighted by Crippen LogP contribution is 2.61. The van der Waals surface area contributed by atoms with E-state index < -0.39 is 7.19 Å². The second-order valence-corrected chi connectivity index (χ2v) is 13.1. The Hall–Kier alpha value is -1.52. The van der Waals surface area contributed by atoms with Crippen LogP contribution in [-0.2, 0) is 6.42 Å². The first-order valence-corrected chi connectivity index (χ1v) is 14.0. The van der Waals surface area contributed by atoms with Crippen LogP contribution >= 0.6 is 18.9 Å². The Morgan fingerprint density at radius 3 is 2.40 bits per heavy atom. The van der Waals surface area contributed by atoms with E-state index >= 15 is 0 Å². The van der Waals surface area contributed by atoms with Gasteiger partial charge in [-0.3, -0.25) is 14.3 Å². The van der Waals surface area contributed by atoms with Crippen molar-refractivity contribution in [2.45, 2.75) is 19.3 Å². The third-order valence-electron chi connectivity index (χ3n) is 6.38. The average molecular weight is 439 g/mol. The Morgan fingerprint density at radius 2 is 1.80 bits per heavy atom. The van der Waals surface area contributed by atoms with E-state index in [4.69, 9.17) is 12.0 Å². The smallest absolute Gasteiger partial charge is 0.0977 e. The minimum Gasteiger partial charge on any atom is -0.398 e. The zero-order chi connectivity index (χ0) is 20.7. The van der Waals surface area contributed by atoms with Crippen LogP contribution in [0.25, 0.3) is 0 Å². The van der Waals surface area contributed by atoms with Gasteiger partial charge in [0.05, 0.1) is 5.04 Å². The van der Waals surface area contributed by atoms with Crippen molar-refractivity contribution in [3.8, 4) is 0 Å². The maximum Gasteiger partial charge on any atom is 0.0977 e. The van der Waals surface area contributed by atoms with Crippen LogP contribution in [0.15, 0.2) is 47.5 Å². The largest absolute Gasteiger partial charge is 0.398 e. The monoisotopic (exact) mass is 438 g/mol. The minimum absolute atomic E-state index is 0.496. The molecule has 2 N–H and O–H groups in total. The molecule has 5 rings (SSSR count). The Bertz CT molecular complexity index is 992. The first kappa shape index (κ1) is 20.4. The van der Waals surface area contributed by atoms with Gasteiger partial charge >= 0.3 is 0 Å². The molecule has 6 heteroatoms. The van der Waals surface area contributed by atoms with Crippen LogP contribution in [0.2, 0.25) is 0 Å². The predicted molar refractivity (Wildman–Crippen MR) is 134 cm³/mol. The van der Waals surface area contributed by atoms with Gasteiger partial charge in [0, 0.05) is 56.9 Å². The number of thioether (sulfide) groups is 1. The molecule has 4 nitrogen and oxygen atoms in total. The number of nitrogen functional groups attached to an aromatic ring is 1. The van der Waals surface area contributed by atoms with Crippen molar-refractivity contribution in [1.82, 2.24) is 9.34 Å². The summed E-state index contributed by atoms with van der Waals surface area (Å²) >= 11 is 1.85. The quantitative estimate of drug-likeness (QED) is 0.378. The van der Waals surface area contributed by atoms with Crippen LogP contribution in [0.1, 0.15) is 35.1 Å². The minimum atomic E-state index is -1.35. The lowest BCUT2D eigenvalue weighted by atomic mass is 9.96. The van der Waals surface area contributed by atoms with Crippen LogP contribution in [0.3, 0.4) is 0 Å². The number of anilines is 1. The highest BCUT2D eigenvalue weighted by atomic mass is 32.2. The van der Waals surface area contributed by atoms with Crippen LogP contribution in [-0.4, -0.2) is 65.3 Å². The molecule has 3 aliphatic rings. The van der Waals surface area contributed by atoms with Gasteiger partial charge < -0.3 is 5.73 Å². The molecule has 0 bridgehead atoms. The molecule has 0 saturated carbocycles. The zero-order valence-corrected chi connectivity index (χ0v) is 19.5. The second-order valence-electron chi connectivity index (χ2n) is 8.74. The van der Waals surface area contributed by atoms with E-state index in [9.17, 15) is 0 Å². The molecular weight excluding hydrogens is 407 g/mol. The van der Waals surface area contributed by atoms with Crippen LogP contribution in [0.4, 0.5) is 5.69 Å². The lowest BCUT2D eigenvalue weighted by Crippen LogP contribution is -2.13. The molecule has 2 fully saturated rings. The zero-order valence-electron chi connectivity index (χ0n) is 17.8. The normalized spacial score (nSPS) is 20.2. The molecule has 1 atom stereocenters. The summed E-state index contributed by atoms with van der Waals surface area (Å²) < 4.78 is 5.23. The van der Waals surface area contributed by atoms with Gasteiger partial charge in [0.1, 0.15) is 0 Å². The second kappa shape index (κ2) is 8.20. The van der Waals surface area contributed by atoms with Crippen molar-refractivity contribution in [3.05, 3.63) is 64.7 Å². The molecule has 0 amide bonds. The van der Waals surface area contributed by atoms with Crippen molar-refractivity contribution >= 4 is 36.0 Å². The lowest BCUT2D eigenvalue weighted by Gasteiger charge is -2.30. The molecular formula is C24H31N4PS. The number of hydrogen-bond acceptors (Lipinski definition) is 5. The summed E-state index contributed by atoms with van der Waals surface area (Å²) in [6.45, 7) is 8.22. The van der Waals surface area contributed by atoms with Gasteiger partial charge in [-0.1, -0.05) is 49.6 Å². The number of benzene rings is 2. The number of nitrogens with two attached hydrogens (primary N) is 1. The first-order valence-electron chi connectivity index (χ1n) is 10.9. The van der Waals surface area contributed by atoms with E-state index in [0.717, 1.165) is 24.4 Å². The van der Waals surface area contributed by atoms with Gasteiger partial charge in [0.2, 0.25) is 0 Å². The third kappa shape index (κ3) is 4.27. The molecule has 2 saturated heterocycles. The standard InChI is InChI=1S/C24H31N4PS/c1-18(17-29(2,27-10-11-27)28-12-13-28)21-7-8-23(25)22(16-21)15-19-3-5-20(6-4-19)24-26-9-14-30-24/h3-8,16,18H,2,9-15,17,25H2,1H3. The number of hydrogen-bond donors (Lipinski definition) is 1. The van der Waals surface area contributed by atoms with Gasteiger partial charge in [0.15, 0.2) is 0 Å². The molecule has 3 heterocycles. The van der Waals surface area contributed by atoms with Gasteiger partial charge in [0.25, 0.3) is 0 Å². The van der Waals surface area contributed by atoms with E-state index in [1.165, 1.54) is 59.6 Å². The van der Waals surface area contributed by atoms with Crippen LogP contribution in [0, 0.1) is 0 Å².